The maximum Gasteiger partial charge on any atom is 0.229 e. The van der Waals surface area contributed by atoms with Crippen LogP contribution in [-0.4, -0.2) is 85.8 Å². The number of rotatable bonds is 6. The van der Waals surface area contributed by atoms with Crippen LogP contribution in [-0.2, 0) is 20.8 Å². The van der Waals surface area contributed by atoms with Crippen molar-refractivity contribution in [3.05, 3.63) is 29.3 Å². The number of carbonyl (C=O) groups excluding carboxylic acids is 1. The molecule has 6 unspecified atom stereocenters. The van der Waals surface area contributed by atoms with Gasteiger partial charge < -0.3 is 43.7 Å². The van der Waals surface area contributed by atoms with E-state index in [1.165, 1.54) is 21.3 Å². The summed E-state index contributed by atoms with van der Waals surface area (Å²) in [6.45, 7) is 1.29. The zero-order valence-electron chi connectivity index (χ0n) is 18.8. The fraction of sp³-hybridized carbons (Fsp3) is 0.522. The van der Waals surface area contributed by atoms with Crippen LogP contribution in [0.5, 0.6) is 17.2 Å². The first-order valence-corrected chi connectivity index (χ1v) is 10.5. The van der Waals surface area contributed by atoms with Gasteiger partial charge in [0.1, 0.15) is 47.8 Å². The average Bonchev–Trinajstić information content (AvgIpc) is 2.83. The summed E-state index contributed by atoms with van der Waals surface area (Å²) in [6, 6.07) is 5.14. The Morgan fingerprint density at radius 1 is 1.09 bits per heavy atom. The molecular formula is C23H28O10. The van der Waals surface area contributed by atoms with Crippen molar-refractivity contribution in [2.75, 3.05) is 27.9 Å². The first kappa shape index (κ1) is 23.7. The molecule has 10 heteroatoms. The molecule has 0 radical (unpaired) electrons. The highest BCUT2D eigenvalue weighted by Crippen LogP contribution is 2.44. The van der Waals surface area contributed by atoms with Crippen molar-refractivity contribution < 1.29 is 48.5 Å². The molecular weight excluding hydrogens is 436 g/mol. The van der Waals surface area contributed by atoms with Gasteiger partial charge in [-0.15, -0.1) is 0 Å². The number of aliphatic hydroxyl groups excluding tert-OH is 3. The van der Waals surface area contributed by atoms with Gasteiger partial charge in [-0.05, 0) is 24.4 Å². The second-order valence-electron chi connectivity index (χ2n) is 8.00. The average molecular weight is 464 g/mol. The zero-order valence-corrected chi connectivity index (χ0v) is 18.8. The van der Waals surface area contributed by atoms with Crippen LogP contribution < -0.4 is 14.2 Å². The molecule has 2 aliphatic rings. The van der Waals surface area contributed by atoms with Crippen LogP contribution in [0.3, 0.4) is 0 Å². The van der Waals surface area contributed by atoms with Crippen molar-refractivity contribution in [2.24, 2.45) is 0 Å². The van der Waals surface area contributed by atoms with Gasteiger partial charge in [0.05, 0.1) is 32.8 Å². The lowest BCUT2D eigenvalue weighted by molar-refractivity contribution is -0.281. The fourth-order valence-corrected chi connectivity index (χ4v) is 4.32. The first-order chi connectivity index (χ1) is 15.8. The lowest BCUT2D eigenvalue weighted by atomic mass is 9.92. The molecule has 4 rings (SSSR count). The van der Waals surface area contributed by atoms with Crippen molar-refractivity contribution in [3.63, 3.8) is 0 Å². The summed E-state index contributed by atoms with van der Waals surface area (Å²) in [5, 5.41) is 32.0. The number of benzene rings is 2. The highest BCUT2D eigenvalue weighted by atomic mass is 16.7. The van der Waals surface area contributed by atoms with E-state index in [0.717, 1.165) is 0 Å². The molecule has 2 aliphatic heterocycles. The van der Waals surface area contributed by atoms with E-state index >= 15 is 0 Å². The molecule has 3 N–H and O–H groups in total. The second kappa shape index (κ2) is 9.41. The van der Waals surface area contributed by atoms with Crippen molar-refractivity contribution in [1.82, 2.24) is 0 Å². The Morgan fingerprint density at radius 2 is 1.85 bits per heavy atom. The molecule has 0 aromatic heterocycles. The predicted octanol–water partition coefficient (Wildman–Crippen LogP) is 0.791. The van der Waals surface area contributed by atoms with E-state index in [0.29, 0.717) is 33.4 Å². The molecule has 1 saturated heterocycles. The number of ether oxygens (including phenoxy) is 6. The molecule has 6 atom stereocenters. The topological polar surface area (TPSA) is 133 Å². The van der Waals surface area contributed by atoms with Crippen LogP contribution in [0.1, 0.15) is 22.8 Å². The molecule has 1 fully saturated rings. The third kappa shape index (κ3) is 4.03. The lowest BCUT2D eigenvalue weighted by Crippen LogP contribution is -2.60. The predicted molar refractivity (Wildman–Crippen MR) is 115 cm³/mol. The molecule has 10 nitrogen and oxygen atoms in total. The van der Waals surface area contributed by atoms with Crippen LogP contribution in [0.2, 0.25) is 0 Å². The summed E-state index contributed by atoms with van der Waals surface area (Å²) in [5.74, 6) is 0.923. The largest absolute Gasteiger partial charge is 0.497 e. The number of ketones is 1. The van der Waals surface area contributed by atoms with Gasteiger partial charge in [-0.3, -0.25) is 4.79 Å². The standard InChI is InChI=1S/C23H28O10/c1-10-18(25)13-6-11-5-12(28-2)7-15(29-3)17(11)21(14(13)9-31-10)33-23-20(27)19(26)22(30-4)16(8-24)32-23/h5-7,10,16,19-20,22-24,26-27H,8-9H2,1-4H3. The molecule has 180 valence electrons. The molecule has 2 heterocycles. The minimum absolute atomic E-state index is 0.0815. The highest BCUT2D eigenvalue weighted by Gasteiger charge is 2.46. The van der Waals surface area contributed by atoms with E-state index in [2.05, 4.69) is 0 Å². The monoisotopic (exact) mass is 464 g/mol. The molecule has 2 aromatic carbocycles. The summed E-state index contributed by atoms with van der Waals surface area (Å²) in [5.41, 5.74) is 0.875. The van der Waals surface area contributed by atoms with E-state index in [9.17, 15) is 20.1 Å². The van der Waals surface area contributed by atoms with Gasteiger partial charge in [0.2, 0.25) is 6.29 Å². The SMILES string of the molecule is COc1cc(OC)c2c(OC3OC(CO)C(OC)C(O)C3O)c3c(cc2c1)C(=O)C(C)OC3. The Bertz CT molecular complexity index is 1040. The Labute approximate surface area is 190 Å². The van der Waals surface area contributed by atoms with Crippen molar-refractivity contribution in [2.45, 2.75) is 50.3 Å². The maximum absolute atomic E-state index is 12.9. The van der Waals surface area contributed by atoms with Crippen molar-refractivity contribution in [1.29, 1.82) is 0 Å². The van der Waals surface area contributed by atoms with E-state index in [-0.39, 0.29) is 18.1 Å². The Hall–Kier alpha value is -2.47. The maximum atomic E-state index is 12.9. The Kier molecular flexibility index (Phi) is 6.76. The molecule has 0 spiro atoms. The first-order valence-electron chi connectivity index (χ1n) is 10.5. The molecule has 0 saturated carbocycles. The quantitative estimate of drug-likeness (QED) is 0.563. The zero-order chi connectivity index (χ0) is 23.9. The van der Waals surface area contributed by atoms with Gasteiger partial charge in [-0.25, -0.2) is 0 Å². The van der Waals surface area contributed by atoms with Crippen LogP contribution in [0.4, 0.5) is 0 Å². The molecule has 2 aromatic rings. The van der Waals surface area contributed by atoms with E-state index in [1.807, 2.05) is 0 Å². The smallest absolute Gasteiger partial charge is 0.229 e. The van der Waals surface area contributed by atoms with E-state index < -0.39 is 43.4 Å². The number of hydrogen-bond donors (Lipinski definition) is 3. The van der Waals surface area contributed by atoms with Gasteiger partial charge in [0.25, 0.3) is 0 Å². The number of Topliss-reactive ketones (excluding diaryl/α,β-unsaturated/α-hetero) is 1. The van der Waals surface area contributed by atoms with E-state index in [1.54, 1.807) is 25.1 Å². The minimum Gasteiger partial charge on any atom is -0.497 e. The molecule has 0 bridgehead atoms. The van der Waals surface area contributed by atoms with Crippen LogP contribution in [0, 0.1) is 0 Å². The third-order valence-electron chi connectivity index (χ3n) is 6.13. The number of carbonyl (C=O) groups is 1. The van der Waals surface area contributed by atoms with Gasteiger partial charge in [0.15, 0.2) is 5.78 Å². The number of methoxy groups -OCH3 is 3. The summed E-state index contributed by atoms with van der Waals surface area (Å²) in [4.78, 5) is 12.9. The van der Waals surface area contributed by atoms with Crippen molar-refractivity contribution >= 4 is 16.6 Å². The second-order valence-corrected chi connectivity index (χ2v) is 8.00. The lowest BCUT2D eigenvalue weighted by Gasteiger charge is -2.41. The summed E-state index contributed by atoms with van der Waals surface area (Å²) < 4.78 is 33.6. The van der Waals surface area contributed by atoms with Gasteiger partial charge in [-0.2, -0.15) is 0 Å². The summed E-state index contributed by atoms with van der Waals surface area (Å²) in [7, 11) is 4.35. The molecule has 0 aliphatic carbocycles. The van der Waals surface area contributed by atoms with Gasteiger partial charge >= 0.3 is 0 Å². The Morgan fingerprint density at radius 3 is 2.48 bits per heavy atom. The third-order valence-corrected chi connectivity index (χ3v) is 6.13. The van der Waals surface area contributed by atoms with Crippen molar-refractivity contribution in [3.8, 4) is 17.2 Å². The van der Waals surface area contributed by atoms with Gasteiger partial charge in [0, 0.05) is 24.3 Å². The summed E-state index contributed by atoms with van der Waals surface area (Å²) >= 11 is 0. The summed E-state index contributed by atoms with van der Waals surface area (Å²) in [6.07, 6.45) is -6.75. The number of aliphatic hydroxyl groups is 3. The van der Waals surface area contributed by atoms with Crippen LogP contribution >= 0.6 is 0 Å². The number of hydrogen-bond acceptors (Lipinski definition) is 10. The van der Waals surface area contributed by atoms with E-state index in [4.69, 9.17) is 28.4 Å². The fourth-order valence-electron chi connectivity index (χ4n) is 4.32. The minimum atomic E-state index is -1.49. The molecule has 0 amide bonds. The Balaban J connectivity index is 1.88. The molecule has 33 heavy (non-hydrogen) atoms. The number of fused-ring (bicyclic) bond motifs is 2. The van der Waals surface area contributed by atoms with Crippen LogP contribution in [0.25, 0.3) is 10.8 Å². The normalized spacial score (nSPS) is 29.6. The van der Waals surface area contributed by atoms with Gasteiger partial charge in [-0.1, -0.05) is 0 Å². The highest BCUT2D eigenvalue weighted by molar-refractivity contribution is 6.08. The van der Waals surface area contributed by atoms with Crippen LogP contribution in [0.15, 0.2) is 18.2 Å².